The maximum atomic E-state index is 9.93. The van der Waals surface area contributed by atoms with Crippen LogP contribution in [0.4, 0.5) is 0 Å². The average Bonchev–Trinajstić information content (AvgIpc) is 2.12. The van der Waals surface area contributed by atoms with Crippen molar-refractivity contribution >= 4 is 0 Å². The Bertz CT molecular complexity index is 209. The van der Waals surface area contributed by atoms with Crippen LogP contribution in [0.2, 0.25) is 0 Å². The first-order valence-corrected chi connectivity index (χ1v) is 6.29. The van der Waals surface area contributed by atoms with E-state index in [1.54, 1.807) is 13.8 Å². The molecule has 0 fully saturated rings. The standard InChI is InChI=1S/C13H29NO3/c1-10(2)8-17-9-11(15)7-14-12(3,4)13(5,6)16/h10-11,14-16H,7-9H2,1-6H3. The number of β-amino-alcohol motifs (C(OH)–C–C–N with tert-alkyl or cyclic N) is 1. The zero-order valence-corrected chi connectivity index (χ0v) is 12.1. The zero-order chi connectivity index (χ0) is 13.7. The molecule has 3 N–H and O–H groups in total. The first kappa shape index (κ1) is 16.8. The summed E-state index contributed by atoms with van der Waals surface area (Å²) in [5, 5.41) is 22.8. The number of aliphatic hydroxyl groups excluding tert-OH is 1. The first-order chi connectivity index (χ1) is 7.56. The minimum Gasteiger partial charge on any atom is -0.389 e. The summed E-state index contributed by atoms with van der Waals surface area (Å²) >= 11 is 0. The summed E-state index contributed by atoms with van der Waals surface area (Å²) in [6.07, 6.45) is -0.546. The molecule has 0 spiro atoms. The monoisotopic (exact) mass is 247 g/mol. The van der Waals surface area contributed by atoms with Gasteiger partial charge in [0.2, 0.25) is 0 Å². The maximum Gasteiger partial charge on any atom is 0.0897 e. The molecule has 1 unspecified atom stereocenters. The Balaban J connectivity index is 3.88. The summed E-state index contributed by atoms with van der Waals surface area (Å²) in [7, 11) is 0. The molecule has 0 saturated heterocycles. The molecular weight excluding hydrogens is 218 g/mol. The second-order valence-corrected chi connectivity index (χ2v) is 6.15. The van der Waals surface area contributed by atoms with Gasteiger partial charge in [-0.3, -0.25) is 0 Å². The molecule has 0 aliphatic heterocycles. The summed E-state index contributed by atoms with van der Waals surface area (Å²) < 4.78 is 5.36. The molecule has 0 aromatic carbocycles. The Morgan fingerprint density at radius 1 is 1.12 bits per heavy atom. The van der Waals surface area contributed by atoms with Crippen molar-refractivity contribution in [3.8, 4) is 0 Å². The predicted molar refractivity (Wildman–Crippen MR) is 70.0 cm³/mol. The van der Waals surface area contributed by atoms with Crippen molar-refractivity contribution in [2.75, 3.05) is 19.8 Å². The van der Waals surface area contributed by atoms with Crippen LogP contribution in [0.15, 0.2) is 0 Å². The van der Waals surface area contributed by atoms with E-state index in [1.807, 2.05) is 13.8 Å². The quantitative estimate of drug-likeness (QED) is 0.602. The van der Waals surface area contributed by atoms with Crippen LogP contribution in [-0.4, -0.2) is 47.2 Å². The van der Waals surface area contributed by atoms with Crippen LogP contribution in [0.1, 0.15) is 41.5 Å². The van der Waals surface area contributed by atoms with Crippen molar-refractivity contribution in [3.05, 3.63) is 0 Å². The second kappa shape index (κ2) is 6.69. The molecule has 0 saturated carbocycles. The number of ether oxygens (including phenoxy) is 1. The van der Waals surface area contributed by atoms with E-state index in [0.29, 0.717) is 25.7 Å². The lowest BCUT2D eigenvalue weighted by Crippen LogP contribution is -2.57. The lowest BCUT2D eigenvalue weighted by molar-refractivity contribution is -0.0193. The van der Waals surface area contributed by atoms with Crippen molar-refractivity contribution in [2.45, 2.75) is 58.8 Å². The highest BCUT2D eigenvalue weighted by atomic mass is 16.5. The van der Waals surface area contributed by atoms with Crippen LogP contribution >= 0.6 is 0 Å². The fourth-order valence-corrected chi connectivity index (χ4v) is 1.09. The molecule has 0 aliphatic rings. The van der Waals surface area contributed by atoms with Gasteiger partial charge in [0.05, 0.1) is 18.3 Å². The highest BCUT2D eigenvalue weighted by molar-refractivity contribution is 4.93. The molecule has 104 valence electrons. The molecule has 0 aliphatic carbocycles. The van der Waals surface area contributed by atoms with Crippen LogP contribution in [0, 0.1) is 5.92 Å². The van der Waals surface area contributed by atoms with E-state index < -0.39 is 17.2 Å². The molecule has 4 nitrogen and oxygen atoms in total. The van der Waals surface area contributed by atoms with Gasteiger partial charge in [-0.2, -0.15) is 0 Å². The molecular formula is C13H29NO3. The summed E-state index contributed by atoms with van der Waals surface area (Å²) in [5.41, 5.74) is -1.29. The van der Waals surface area contributed by atoms with Crippen LogP contribution < -0.4 is 5.32 Å². The van der Waals surface area contributed by atoms with E-state index in [2.05, 4.69) is 19.2 Å². The van der Waals surface area contributed by atoms with Gasteiger partial charge >= 0.3 is 0 Å². The van der Waals surface area contributed by atoms with Gasteiger partial charge in [-0.05, 0) is 33.6 Å². The third kappa shape index (κ3) is 6.99. The highest BCUT2D eigenvalue weighted by Gasteiger charge is 2.34. The van der Waals surface area contributed by atoms with Gasteiger partial charge in [0.1, 0.15) is 0 Å². The van der Waals surface area contributed by atoms with E-state index >= 15 is 0 Å². The second-order valence-electron chi connectivity index (χ2n) is 6.15. The normalized spacial score (nSPS) is 15.4. The van der Waals surface area contributed by atoms with Gasteiger partial charge in [-0.15, -0.1) is 0 Å². The topological polar surface area (TPSA) is 61.7 Å². The number of aliphatic hydroxyl groups is 2. The molecule has 0 rings (SSSR count). The molecule has 4 heteroatoms. The van der Waals surface area contributed by atoms with Crippen LogP contribution in [-0.2, 0) is 4.74 Å². The summed E-state index contributed by atoms with van der Waals surface area (Å²) in [4.78, 5) is 0. The first-order valence-electron chi connectivity index (χ1n) is 6.29. The highest BCUT2D eigenvalue weighted by Crippen LogP contribution is 2.20. The number of hydrogen-bond acceptors (Lipinski definition) is 4. The van der Waals surface area contributed by atoms with E-state index in [4.69, 9.17) is 4.74 Å². The molecule has 0 radical (unpaired) electrons. The molecule has 17 heavy (non-hydrogen) atoms. The third-order valence-electron chi connectivity index (χ3n) is 3.07. The Morgan fingerprint density at radius 2 is 1.65 bits per heavy atom. The van der Waals surface area contributed by atoms with Crippen molar-refractivity contribution in [3.63, 3.8) is 0 Å². The predicted octanol–water partition coefficient (Wildman–Crippen LogP) is 1.16. The minimum atomic E-state index is -0.842. The fraction of sp³-hybridized carbons (Fsp3) is 1.00. The van der Waals surface area contributed by atoms with Crippen LogP contribution in [0.5, 0.6) is 0 Å². The molecule has 0 heterocycles. The van der Waals surface area contributed by atoms with E-state index in [9.17, 15) is 10.2 Å². The Morgan fingerprint density at radius 3 is 2.06 bits per heavy atom. The van der Waals surface area contributed by atoms with Crippen molar-refractivity contribution in [2.24, 2.45) is 5.92 Å². The van der Waals surface area contributed by atoms with E-state index in [-0.39, 0.29) is 0 Å². The van der Waals surface area contributed by atoms with Crippen molar-refractivity contribution < 1.29 is 14.9 Å². The van der Waals surface area contributed by atoms with Gasteiger partial charge in [-0.25, -0.2) is 0 Å². The Labute approximate surface area is 105 Å². The van der Waals surface area contributed by atoms with Crippen molar-refractivity contribution in [1.82, 2.24) is 5.32 Å². The fourth-order valence-electron chi connectivity index (χ4n) is 1.09. The Kier molecular flexibility index (Phi) is 6.62. The van der Waals surface area contributed by atoms with Crippen LogP contribution in [0.25, 0.3) is 0 Å². The van der Waals surface area contributed by atoms with E-state index in [1.165, 1.54) is 0 Å². The smallest absolute Gasteiger partial charge is 0.0897 e. The SMILES string of the molecule is CC(C)COCC(O)CNC(C)(C)C(C)(C)O. The van der Waals surface area contributed by atoms with E-state index in [0.717, 1.165) is 0 Å². The maximum absolute atomic E-state index is 9.93. The van der Waals surface area contributed by atoms with Gasteiger partial charge in [0.15, 0.2) is 0 Å². The largest absolute Gasteiger partial charge is 0.389 e. The minimum absolute atomic E-state index is 0.327. The molecule has 0 aromatic rings. The Hall–Kier alpha value is -0.160. The summed E-state index contributed by atoms with van der Waals surface area (Å²) in [6.45, 7) is 12.9. The lowest BCUT2D eigenvalue weighted by atomic mass is 9.86. The summed E-state index contributed by atoms with van der Waals surface area (Å²) in [5.74, 6) is 0.475. The molecule has 0 bridgehead atoms. The van der Waals surface area contributed by atoms with Gasteiger partial charge in [0, 0.05) is 18.7 Å². The number of nitrogens with one attached hydrogen (secondary N) is 1. The molecule has 1 atom stereocenters. The zero-order valence-electron chi connectivity index (χ0n) is 12.1. The van der Waals surface area contributed by atoms with Gasteiger partial charge in [-0.1, -0.05) is 13.8 Å². The van der Waals surface area contributed by atoms with Gasteiger partial charge in [0.25, 0.3) is 0 Å². The average molecular weight is 247 g/mol. The van der Waals surface area contributed by atoms with Crippen LogP contribution in [0.3, 0.4) is 0 Å². The third-order valence-corrected chi connectivity index (χ3v) is 3.07. The summed E-state index contributed by atoms with van der Waals surface area (Å²) in [6, 6.07) is 0. The van der Waals surface area contributed by atoms with Crippen molar-refractivity contribution in [1.29, 1.82) is 0 Å². The van der Waals surface area contributed by atoms with Gasteiger partial charge < -0.3 is 20.3 Å². The number of rotatable bonds is 8. The number of hydrogen-bond donors (Lipinski definition) is 3. The molecule has 0 aromatic heterocycles. The molecule has 0 amide bonds. The lowest BCUT2D eigenvalue weighted by Gasteiger charge is -2.38.